The number of rotatable bonds is 5. The van der Waals surface area contributed by atoms with Crippen molar-refractivity contribution in [2.75, 3.05) is 32.0 Å². The van der Waals surface area contributed by atoms with Crippen molar-refractivity contribution in [1.29, 1.82) is 0 Å². The molecule has 0 radical (unpaired) electrons. The number of nitrogens with one attached hydrogen (secondary N) is 1. The quantitative estimate of drug-likeness (QED) is 0.507. The molecule has 0 saturated carbocycles. The molecule has 1 saturated heterocycles. The van der Waals surface area contributed by atoms with E-state index in [0.717, 1.165) is 19.5 Å². The summed E-state index contributed by atoms with van der Waals surface area (Å²) in [5.74, 6) is 0.337. The second-order valence-corrected chi connectivity index (χ2v) is 5.34. The second kappa shape index (κ2) is 6.00. The summed E-state index contributed by atoms with van der Waals surface area (Å²) >= 11 is 0. The van der Waals surface area contributed by atoms with Gasteiger partial charge in [0.2, 0.25) is 0 Å². The molecule has 6 heteroatoms. The molecule has 6 nitrogen and oxygen atoms in total. The Morgan fingerprint density at radius 1 is 1.55 bits per heavy atom. The molecule has 20 heavy (non-hydrogen) atoms. The van der Waals surface area contributed by atoms with Crippen LogP contribution >= 0.6 is 0 Å². The Labute approximate surface area is 117 Å². The average Bonchev–Trinajstić information content (AvgIpc) is 2.81. The third kappa shape index (κ3) is 3.33. The number of Topliss-reactive ketones (excluding diaryl/α,β-unsaturated/α-hetero) is 1. The second-order valence-electron chi connectivity index (χ2n) is 5.34. The van der Waals surface area contributed by atoms with Gasteiger partial charge in [-0.2, -0.15) is 0 Å². The zero-order chi connectivity index (χ0) is 14.7. The smallest absolute Gasteiger partial charge is 0.293 e. The lowest BCUT2D eigenvalue weighted by Gasteiger charge is -2.13. The Hall–Kier alpha value is -1.95. The number of nitrogens with zero attached hydrogens (tertiary/aromatic N) is 2. The maximum atomic E-state index is 11.3. The Balaban J connectivity index is 2.10. The van der Waals surface area contributed by atoms with Gasteiger partial charge >= 0.3 is 0 Å². The van der Waals surface area contributed by atoms with E-state index >= 15 is 0 Å². The van der Waals surface area contributed by atoms with Crippen LogP contribution in [0.2, 0.25) is 0 Å². The lowest BCUT2D eigenvalue weighted by Crippen LogP contribution is -2.19. The maximum absolute atomic E-state index is 11.3. The van der Waals surface area contributed by atoms with Crippen LogP contribution in [-0.4, -0.2) is 42.3 Å². The molecular formula is C14H19N3O3. The highest BCUT2D eigenvalue weighted by molar-refractivity contribution is 5.95. The number of anilines is 1. The highest BCUT2D eigenvalue weighted by atomic mass is 16.6. The fourth-order valence-corrected chi connectivity index (χ4v) is 2.50. The predicted molar refractivity (Wildman–Crippen MR) is 77.2 cm³/mol. The number of hydrogen-bond donors (Lipinski definition) is 1. The number of ketones is 1. The number of carbonyl (C=O) groups is 1. The van der Waals surface area contributed by atoms with Gasteiger partial charge in [0, 0.05) is 24.7 Å². The lowest BCUT2D eigenvalue weighted by molar-refractivity contribution is -0.384. The topological polar surface area (TPSA) is 75.5 Å². The molecule has 0 aliphatic carbocycles. The monoisotopic (exact) mass is 277 g/mol. The first-order valence-corrected chi connectivity index (χ1v) is 6.69. The number of nitro groups is 1. The molecule has 1 aromatic rings. The van der Waals surface area contributed by atoms with E-state index in [4.69, 9.17) is 0 Å². The van der Waals surface area contributed by atoms with Crippen LogP contribution in [0.5, 0.6) is 0 Å². The Kier molecular flexibility index (Phi) is 4.34. The van der Waals surface area contributed by atoms with Crippen LogP contribution in [0.15, 0.2) is 18.2 Å². The summed E-state index contributed by atoms with van der Waals surface area (Å²) in [6.07, 6.45) is 1.10. The SMILES string of the molecule is CC(=O)c1ccc(NCC2CCN(C)C2)c([N+](=O)[O-])c1. The fourth-order valence-electron chi connectivity index (χ4n) is 2.50. The number of hydrogen-bond acceptors (Lipinski definition) is 5. The van der Waals surface area contributed by atoms with Gasteiger partial charge in [-0.3, -0.25) is 14.9 Å². The van der Waals surface area contributed by atoms with Crippen LogP contribution in [0, 0.1) is 16.0 Å². The van der Waals surface area contributed by atoms with E-state index in [2.05, 4.69) is 17.3 Å². The van der Waals surface area contributed by atoms with Crippen molar-refractivity contribution in [2.24, 2.45) is 5.92 Å². The van der Waals surface area contributed by atoms with E-state index in [9.17, 15) is 14.9 Å². The van der Waals surface area contributed by atoms with Crippen LogP contribution in [0.25, 0.3) is 0 Å². The van der Waals surface area contributed by atoms with Gasteiger partial charge < -0.3 is 10.2 Å². The Bertz CT molecular complexity index is 530. The largest absolute Gasteiger partial charge is 0.379 e. The predicted octanol–water partition coefficient (Wildman–Crippen LogP) is 2.16. The van der Waals surface area contributed by atoms with E-state index in [-0.39, 0.29) is 11.5 Å². The van der Waals surface area contributed by atoms with Crippen molar-refractivity contribution >= 4 is 17.2 Å². The molecule has 1 aliphatic rings. The van der Waals surface area contributed by atoms with Gasteiger partial charge in [0.15, 0.2) is 5.78 Å². The van der Waals surface area contributed by atoms with E-state index in [1.807, 2.05) is 0 Å². The summed E-state index contributed by atoms with van der Waals surface area (Å²) in [5, 5.41) is 14.2. The normalized spacial score (nSPS) is 19.0. The van der Waals surface area contributed by atoms with E-state index < -0.39 is 4.92 Å². The summed E-state index contributed by atoms with van der Waals surface area (Å²) in [7, 11) is 2.07. The van der Waals surface area contributed by atoms with Gasteiger partial charge in [-0.15, -0.1) is 0 Å². The van der Waals surface area contributed by atoms with E-state index in [0.29, 0.717) is 23.7 Å². The van der Waals surface area contributed by atoms with Gasteiger partial charge in [-0.25, -0.2) is 0 Å². The first-order chi connectivity index (χ1) is 9.47. The molecule has 1 aliphatic heterocycles. The van der Waals surface area contributed by atoms with Crippen LogP contribution in [0.1, 0.15) is 23.7 Å². The minimum absolute atomic E-state index is 0.0379. The fraction of sp³-hybridized carbons (Fsp3) is 0.500. The van der Waals surface area contributed by atoms with Crippen LogP contribution < -0.4 is 5.32 Å². The van der Waals surface area contributed by atoms with Crippen molar-refractivity contribution in [3.05, 3.63) is 33.9 Å². The molecule has 0 aromatic heterocycles. The first-order valence-electron chi connectivity index (χ1n) is 6.69. The third-order valence-electron chi connectivity index (χ3n) is 3.67. The summed E-state index contributed by atoms with van der Waals surface area (Å²) in [5.41, 5.74) is 0.807. The molecule has 0 spiro atoms. The number of nitro benzene ring substituents is 1. The van der Waals surface area contributed by atoms with Crippen LogP contribution in [-0.2, 0) is 0 Å². The molecule has 1 N–H and O–H groups in total. The molecule has 108 valence electrons. The van der Waals surface area contributed by atoms with Crippen molar-refractivity contribution in [3.8, 4) is 0 Å². The molecule has 1 aromatic carbocycles. The summed E-state index contributed by atoms with van der Waals surface area (Å²) in [4.78, 5) is 24.2. The highest BCUT2D eigenvalue weighted by Gasteiger charge is 2.21. The zero-order valence-corrected chi connectivity index (χ0v) is 11.8. The van der Waals surface area contributed by atoms with E-state index in [1.165, 1.54) is 13.0 Å². The number of likely N-dealkylation sites (tertiary alicyclic amines) is 1. The lowest BCUT2D eigenvalue weighted by atomic mass is 10.1. The molecule has 1 unspecified atom stereocenters. The van der Waals surface area contributed by atoms with Crippen molar-refractivity contribution < 1.29 is 9.72 Å². The van der Waals surface area contributed by atoms with Crippen molar-refractivity contribution in [3.63, 3.8) is 0 Å². The zero-order valence-electron chi connectivity index (χ0n) is 11.8. The molecule has 1 heterocycles. The standard InChI is InChI=1S/C14H19N3O3/c1-10(18)12-3-4-13(14(7-12)17(19)20)15-8-11-5-6-16(2)9-11/h3-4,7,11,15H,5-6,8-9H2,1-2H3. The van der Waals surface area contributed by atoms with Gasteiger partial charge in [0.25, 0.3) is 5.69 Å². The van der Waals surface area contributed by atoms with Gasteiger partial charge in [0.1, 0.15) is 5.69 Å². The third-order valence-corrected chi connectivity index (χ3v) is 3.67. The molecule has 0 amide bonds. The maximum Gasteiger partial charge on any atom is 0.293 e. The van der Waals surface area contributed by atoms with Crippen molar-refractivity contribution in [1.82, 2.24) is 4.90 Å². The van der Waals surface area contributed by atoms with Gasteiger partial charge in [-0.1, -0.05) is 0 Å². The highest BCUT2D eigenvalue weighted by Crippen LogP contribution is 2.26. The Morgan fingerprint density at radius 2 is 2.30 bits per heavy atom. The van der Waals surface area contributed by atoms with Crippen LogP contribution in [0.3, 0.4) is 0 Å². The molecule has 1 atom stereocenters. The van der Waals surface area contributed by atoms with Crippen molar-refractivity contribution in [2.45, 2.75) is 13.3 Å². The molecule has 0 bridgehead atoms. The van der Waals surface area contributed by atoms with Crippen LogP contribution in [0.4, 0.5) is 11.4 Å². The number of carbonyl (C=O) groups excluding carboxylic acids is 1. The number of benzene rings is 1. The molecule has 2 rings (SSSR count). The summed E-state index contributed by atoms with van der Waals surface area (Å²) in [6, 6.07) is 4.58. The van der Waals surface area contributed by atoms with Gasteiger partial charge in [-0.05, 0) is 45.0 Å². The summed E-state index contributed by atoms with van der Waals surface area (Å²) in [6.45, 7) is 4.19. The van der Waals surface area contributed by atoms with Gasteiger partial charge in [0.05, 0.1) is 4.92 Å². The minimum Gasteiger partial charge on any atom is -0.379 e. The minimum atomic E-state index is -0.449. The molecular weight excluding hydrogens is 258 g/mol. The summed E-state index contributed by atoms with van der Waals surface area (Å²) < 4.78 is 0. The molecule has 1 fully saturated rings. The Morgan fingerprint density at radius 3 is 2.85 bits per heavy atom. The first kappa shape index (κ1) is 14.5. The van der Waals surface area contributed by atoms with E-state index in [1.54, 1.807) is 12.1 Å². The average molecular weight is 277 g/mol.